The highest BCUT2D eigenvalue weighted by Crippen LogP contribution is 2.37. The van der Waals surface area contributed by atoms with E-state index in [-0.39, 0.29) is 5.69 Å². The zero-order chi connectivity index (χ0) is 29.3. The van der Waals surface area contributed by atoms with Crippen molar-refractivity contribution in [3.05, 3.63) is 59.4 Å². The highest BCUT2D eigenvalue weighted by Gasteiger charge is 2.43. The summed E-state index contributed by atoms with van der Waals surface area (Å²) in [6, 6.07) is 10.2. The number of likely N-dealkylation sites (N-methyl/N-ethyl adjacent to an activating group) is 2. The number of benzene rings is 2. The Hall–Kier alpha value is -3.61. The van der Waals surface area contributed by atoms with E-state index in [9.17, 15) is 22.8 Å². The lowest BCUT2D eigenvalue weighted by molar-refractivity contribution is -0.124. The number of carbonyl (C=O) groups is 2. The summed E-state index contributed by atoms with van der Waals surface area (Å²) in [5.74, 6) is -4.33. The van der Waals surface area contributed by atoms with E-state index < -0.39 is 35.3 Å². The summed E-state index contributed by atoms with van der Waals surface area (Å²) in [5.41, 5.74) is 1.22. The number of carbonyl (C=O) groups excluding carboxylic acids is 2. The van der Waals surface area contributed by atoms with Crippen LogP contribution < -0.4 is 10.2 Å². The van der Waals surface area contributed by atoms with Gasteiger partial charge < -0.3 is 19.9 Å². The second-order valence-electron chi connectivity index (χ2n) is 10.6. The Morgan fingerprint density at radius 2 is 1.85 bits per heavy atom. The quantitative estimate of drug-likeness (QED) is 0.509. The third-order valence-corrected chi connectivity index (χ3v) is 7.69. The molecule has 41 heavy (non-hydrogen) atoms. The van der Waals surface area contributed by atoms with E-state index in [4.69, 9.17) is 4.74 Å². The molecule has 0 aromatic heterocycles. The van der Waals surface area contributed by atoms with E-state index >= 15 is 4.39 Å². The van der Waals surface area contributed by atoms with Crippen molar-refractivity contribution in [2.75, 3.05) is 63.7 Å². The molecule has 12 heteroatoms. The summed E-state index contributed by atoms with van der Waals surface area (Å²) < 4.78 is 61.4. The van der Waals surface area contributed by atoms with Crippen molar-refractivity contribution in [1.29, 1.82) is 0 Å². The van der Waals surface area contributed by atoms with Crippen molar-refractivity contribution in [2.45, 2.75) is 18.8 Å². The van der Waals surface area contributed by atoms with Gasteiger partial charge in [0.25, 0.3) is 5.91 Å². The van der Waals surface area contributed by atoms with E-state index in [0.29, 0.717) is 68.0 Å². The van der Waals surface area contributed by atoms with Crippen LogP contribution in [0.4, 0.5) is 28.9 Å². The molecule has 3 aliphatic heterocycles. The van der Waals surface area contributed by atoms with Gasteiger partial charge in [-0.15, -0.1) is 0 Å². The first-order valence-electron chi connectivity index (χ1n) is 13.3. The average Bonchev–Trinajstić information content (AvgIpc) is 2.89. The second-order valence-corrected chi connectivity index (χ2v) is 10.6. The predicted octanol–water partition coefficient (Wildman–Crippen LogP) is 3.73. The van der Waals surface area contributed by atoms with Gasteiger partial charge in [0.2, 0.25) is 5.91 Å². The van der Waals surface area contributed by atoms with Crippen molar-refractivity contribution in [3.8, 4) is 11.1 Å². The Labute approximate surface area is 235 Å². The number of aliphatic imine (C=N–C) groups is 1. The van der Waals surface area contributed by atoms with Crippen LogP contribution in [0.5, 0.6) is 0 Å². The molecule has 2 aromatic carbocycles. The van der Waals surface area contributed by atoms with Crippen molar-refractivity contribution < 1.29 is 31.9 Å². The topological polar surface area (TPSA) is 77.5 Å². The number of nitrogens with zero attached hydrogens (tertiary/aromatic N) is 4. The molecule has 2 amide bonds. The molecule has 0 saturated carbocycles. The number of anilines is 2. The van der Waals surface area contributed by atoms with Gasteiger partial charge in [-0.25, -0.2) is 9.38 Å². The molecule has 1 atom stereocenters. The Balaban J connectivity index is 1.48. The van der Waals surface area contributed by atoms with Crippen LogP contribution >= 0.6 is 0 Å². The molecule has 1 unspecified atom stereocenters. The van der Waals surface area contributed by atoms with Crippen LogP contribution in [0.3, 0.4) is 0 Å². The van der Waals surface area contributed by atoms with Crippen molar-refractivity contribution in [1.82, 2.24) is 9.80 Å². The third-order valence-electron chi connectivity index (χ3n) is 7.69. The number of ether oxygens (including phenoxy) is 1. The molecule has 1 N–H and O–H groups in total. The van der Waals surface area contributed by atoms with Gasteiger partial charge in [-0.2, -0.15) is 13.2 Å². The summed E-state index contributed by atoms with van der Waals surface area (Å²) >= 11 is 0. The Kier molecular flexibility index (Phi) is 8.25. The Morgan fingerprint density at radius 3 is 2.51 bits per heavy atom. The molecule has 2 aromatic rings. The molecule has 3 heterocycles. The zero-order valence-electron chi connectivity index (χ0n) is 22.7. The largest absolute Gasteiger partial charge is 0.414 e. The first-order valence-corrected chi connectivity index (χ1v) is 13.3. The normalized spacial score (nSPS) is 20.3. The predicted molar refractivity (Wildman–Crippen MR) is 147 cm³/mol. The lowest BCUT2D eigenvalue weighted by Crippen LogP contribution is -2.46. The molecule has 0 aliphatic carbocycles. The molecule has 0 bridgehead atoms. The van der Waals surface area contributed by atoms with Gasteiger partial charge in [0.1, 0.15) is 11.7 Å². The number of dihydropyridines is 1. The number of rotatable bonds is 7. The van der Waals surface area contributed by atoms with E-state index in [2.05, 4.69) is 20.1 Å². The van der Waals surface area contributed by atoms with Crippen LogP contribution in [0, 0.1) is 11.7 Å². The third kappa shape index (κ3) is 6.50. The van der Waals surface area contributed by atoms with Crippen LogP contribution in [0.1, 0.15) is 5.56 Å². The number of hydrogen-bond acceptors (Lipinski definition) is 6. The number of amides is 2. The minimum absolute atomic E-state index is 0.248. The molecule has 2 fully saturated rings. The molecule has 2 saturated heterocycles. The SMILES string of the molecule is CN1CCN(c2ccc(-c3cc(CN(C)C4COC4)ccc3F)cc2NC(=O)C2C=NC(=O)C=C2C(F)(F)F)CC1. The number of nitrogens with one attached hydrogen (secondary N) is 1. The molecule has 8 nitrogen and oxygen atoms in total. The van der Waals surface area contributed by atoms with Crippen LogP contribution in [0.15, 0.2) is 53.0 Å². The maximum absolute atomic E-state index is 15.1. The van der Waals surface area contributed by atoms with Crippen LogP contribution in [-0.2, 0) is 20.9 Å². The van der Waals surface area contributed by atoms with Crippen LogP contribution in [0.2, 0.25) is 0 Å². The lowest BCUT2D eigenvalue weighted by Gasteiger charge is -2.35. The van der Waals surface area contributed by atoms with Gasteiger partial charge in [0, 0.05) is 50.6 Å². The summed E-state index contributed by atoms with van der Waals surface area (Å²) in [6.45, 7) is 4.64. The summed E-state index contributed by atoms with van der Waals surface area (Å²) in [6.07, 6.45) is -3.84. The smallest absolute Gasteiger partial charge is 0.378 e. The van der Waals surface area contributed by atoms with E-state index in [1.807, 2.05) is 19.0 Å². The average molecular weight is 574 g/mol. The van der Waals surface area contributed by atoms with E-state index in [1.54, 1.807) is 30.3 Å². The van der Waals surface area contributed by atoms with Crippen LogP contribution in [0.25, 0.3) is 11.1 Å². The van der Waals surface area contributed by atoms with E-state index in [0.717, 1.165) is 18.7 Å². The van der Waals surface area contributed by atoms with Crippen molar-refractivity contribution in [3.63, 3.8) is 0 Å². The fourth-order valence-electron chi connectivity index (χ4n) is 5.08. The first kappa shape index (κ1) is 28.9. The molecule has 0 radical (unpaired) electrons. The van der Waals surface area contributed by atoms with Gasteiger partial charge in [-0.1, -0.05) is 12.1 Å². The molecule has 3 aliphatic rings. The molecular weight excluding hydrogens is 542 g/mol. The molecule has 5 rings (SSSR count). The highest BCUT2D eigenvalue weighted by molar-refractivity contribution is 6.11. The summed E-state index contributed by atoms with van der Waals surface area (Å²) in [7, 11) is 3.96. The summed E-state index contributed by atoms with van der Waals surface area (Å²) in [5, 5.41) is 2.63. The van der Waals surface area contributed by atoms with E-state index in [1.165, 1.54) is 6.07 Å². The van der Waals surface area contributed by atoms with Gasteiger partial charge in [0.15, 0.2) is 0 Å². The van der Waals surface area contributed by atoms with Gasteiger partial charge in [-0.05, 0) is 49.5 Å². The monoisotopic (exact) mass is 573 g/mol. The highest BCUT2D eigenvalue weighted by atomic mass is 19.4. The molecule has 218 valence electrons. The first-order chi connectivity index (χ1) is 19.5. The second kappa shape index (κ2) is 11.7. The van der Waals surface area contributed by atoms with Gasteiger partial charge in [-0.3, -0.25) is 14.5 Å². The van der Waals surface area contributed by atoms with Crippen molar-refractivity contribution in [2.24, 2.45) is 10.9 Å². The van der Waals surface area contributed by atoms with Crippen LogP contribution in [-0.4, -0.2) is 93.5 Å². The summed E-state index contributed by atoms with van der Waals surface area (Å²) in [4.78, 5) is 34.5. The van der Waals surface area contributed by atoms with Gasteiger partial charge in [0.05, 0.1) is 36.2 Å². The molecular formula is C29H31F4N5O3. The Bertz CT molecular complexity index is 1380. The lowest BCUT2D eigenvalue weighted by atomic mass is 9.95. The van der Waals surface area contributed by atoms with Crippen molar-refractivity contribution >= 4 is 29.4 Å². The van der Waals surface area contributed by atoms with Gasteiger partial charge >= 0.3 is 6.18 Å². The number of alkyl halides is 3. The molecule has 0 spiro atoms. The number of hydrogen-bond donors (Lipinski definition) is 1. The maximum Gasteiger partial charge on any atom is 0.414 e. The maximum atomic E-state index is 15.1. The number of halogens is 4. The number of piperazine rings is 1. The standard InChI is InChI=1S/C29H31F4N5O3/c1-36-7-9-38(10-8-36)26-6-4-19(21-11-18(3-5-24(21)30)15-37(2)20-16-41-17-20)12-25(26)35-28(40)22-14-34-27(39)13-23(22)29(31,32)33/h3-6,11-14,20,22H,7-10,15-17H2,1-2H3,(H,35,40). The zero-order valence-corrected chi connectivity index (χ0v) is 22.7. The minimum Gasteiger partial charge on any atom is -0.378 e. The minimum atomic E-state index is -4.89. The fraction of sp³-hybridized carbons (Fsp3) is 0.414. The fourth-order valence-corrected chi connectivity index (χ4v) is 5.08. The Morgan fingerprint density at radius 1 is 1.12 bits per heavy atom.